The summed E-state index contributed by atoms with van der Waals surface area (Å²) in [6, 6.07) is 10.5. The number of furan rings is 1. The Morgan fingerprint density at radius 1 is 1.23 bits per heavy atom. The maximum Gasteiger partial charge on any atom is 0.348 e. The molecule has 0 saturated heterocycles. The van der Waals surface area contributed by atoms with E-state index in [-0.39, 0.29) is 6.61 Å². The molecule has 2 heterocycles. The maximum atomic E-state index is 11.7. The summed E-state index contributed by atoms with van der Waals surface area (Å²) >= 11 is 13.1. The number of carbonyl (C=O) groups is 1. The van der Waals surface area contributed by atoms with Crippen LogP contribution in [0.15, 0.2) is 51.4 Å². The minimum Gasteiger partial charge on any atom is -0.465 e. The van der Waals surface area contributed by atoms with Gasteiger partial charge in [0.2, 0.25) is 0 Å². The molecule has 0 unspecified atom stereocenters. The summed E-state index contributed by atoms with van der Waals surface area (Å²) in [7, 11) is 1.34. The van der Waals surface area contributed by atoms with Crippen molar-refractivity contribution in [2.24, 2.45) is 5.16 Å². The first kappa shape index (κ1) is 18.5. The average Bonchev–Trinajstić information content (AvgIpc) is 3.30. The molecular formula is C18H13Cl2NO4S. The standard InChI is InChI=1S/C18H13Cl2NO4S/c1-23-18(22)17-13(6-7-26-17)16-5-3-12(25-16)9-21-24-10-11-2-4-14(19)15(20)8-11/h2-9H,10H2,1H3/b21-9+. The number of ether oxygens (including phenoxy) is 1. The third kappa shape index (κ3) is 4.27. The van der Waals surface area contributed by atoms with Gasteiger partial charge >= 0.3 is 5.97 Å². The van der Waals surface area contributed by atoms with Crippen molar-refractivity contribution in [2.45, 2.75) is 6.61 Å². The van der Waals surface area contributed by atoms with Crippen LogP contribution in [0, 0.1) is 0 Å². The fourth-order valence-electron chi connectivity index (χ4n) is 2.15. The smallest absolute Gasteiger partial charge is 0.348 e. The van der Waals surface area contributed by atoms with Crippen LogP contribution in [0.1, 0.15) is 21.0 Å². The molecule has 0 saturated carbocycles. The fourth-order valence-corrected chi connectivity index (χ4v) is 3.29. The SMILES string of the molecule is COC(=O)c1sccc1-c1ccc(/C=N/OCc2ccc(Cl)c(Cl)c2)o1. The molecular weight excluding hydrogens is 397 g/mol. The van der Waals surface area contributed by atoms with Crippen LogP contribution < -0.4 is 0 Å². The Labute approximate surface area is 163 Å². The molecule has 0 bridgehead atoms. The van der Waals surface area contributed by atoms with Gasteiger partial charge in [0, 0.05) is 5.56 Å². The first-order chi connectivity index (χ1) is 12.6. The van der Waals surface area contributed by atoms with Crippen LogP contribution in [-0.2, 0) is 16.2 Å². The molecule has 8 heteroatoms. The highest BCUT2D eigenvalue weighted by molar-refractivity contribution is 7.12. The number of thiophene rings is 1. The van der Waals surface area contributed by atoms with E-state index in [1.54, 1.807) is 41.8 Å². The molecule has 0 fully saturated rings. The molecule has 0 amide bonds. The van der Waals surface area contributed by atoms with E-state index < -0.39 is 5.97 Å². The Bertz CT molecular complexity index is 948. The number of benzene rings is 1. The van der Waals surface area contributed by atoms with Crippen molar-refractivity contribution in [3.05, 3.63) is 68.0 Å². The number of halogens is 2. The van der Waals surface area contributed by atoms with Crippen molar-refractivity contribution >= 4 is 46.7 Å². The van der Waals surface area contributed by atoms with Crippen LogP contribution in [0.25, 0.3) is 11.3 Å². The number of oxime groups is 1. The molecule has 0 N–H and O–H groups in total. The highest BCUT2D eigenvalue weighted by atomic mass is 35.5. The van der Waals surface area contributed by atoms with E-state index in [2.05, 4.69) is 5.16 Å². The van der Waals surface area contributed by atoms with Gasteiger partial charge in [0.05, 0.1) is 17.2 Å². The van der Waals surface area contributed by atoms with Crippen LogP contribution in [0.2, 0.25) is 10.0 Å². The van der Waals surface area contributed by atoms with Crippen LogP contribution in [0.5, 0.6) is 0 Å². The summed E-state index contributed by atoms with van der Waals surface area (Å²) in [5, 5.41) is 6.63. The molecule has 5 nitrogen and oxygen atoms in total. The number of hydrogen-bond donors (Lipinski definition) is 0. The highest BCUT2D eigenvalue weighted by Gasteiger charge is 2.17. The van der Waals surface area contributed by atoms with E-state index in [9.17, 15) is 4.79 Å². The molecule has 1 aromatic carbocycles. The van der Waals surface area contributed by atoms with Gasteiger partial charge in [-0.1, -0.05) is 34.4 Å². The lowest BCUT2D eigenvalue weighted by Crippen LogP contribution is -1.99. The number of carbonyl (C=O) groups excluding carboxylic acids is 1. The number of rotatable bonds is 6. The summed E-state index contributed by atoms with van der Waals surface area (Å²) in [5.74, 6) is 0.653. The molecule has 0 aliphatic rings. The van der Waals surface area contributed by atoms with Crippen LogP contribution >= 0.6 is 34.5 Å². The highest BCUT2D eigenvalue weighted by Crippen LogP contribution is 2.30. The fraction of sp³-hybridized carbons (Fsp3) is 0.111. The minimum absolute atomic E-state index is 0.248. The van der Waals surface area contributed by atoms with Gasteiger partial charge in [-0.3, -0.25) is 0 Å². The molecule has 134 valence electrons. The zero-order chi connectivity index (χ0) is 18.5. The van der Waals surface area contributed by atoms with Gasteiger partial charge in [0.25, 0.3) is 0 Å². The van der Waals surface area contributed by atoms with Gasteiger partial charge in [0.15, 0.2) is 0 Å². The Morgan fingerprint density at radius 2 is 2.08 bits per heavy atom. The Kier molecular flexibility index (Phi) is 5.98. The number of methoxy groups -OCH3 is 1. The van der Waals surface area contributed by atoms with Crippen molar-refractivity contribution in [2.75, 3.05) is 7.11 Å². The van der Waals surface area contributed by atoms with Gasteiger partial charge in [0.1, 0.15) is 29.2 Å². The number of nitrogens with zero attached hydrogens (tertiary/aromatic N) is 1. The third-order valence-electron chi connectivity index (χ3n) is 3.40. The Morgan fingerprint density at radius 3 is 2.85 bits per heavy atom. The molecule has 2 aromatic heterocycles. The predicted octanol–water partition coefficient (Wildman–Crippen LogP) is 5.65. The molecule has 3 rings (SSSR count). The second-order valence-corrected chi connectivity index (χ2v) is 6.84. The summed E-state index contributed by atoms with van der Waals surface area (Å²) in [5.41, 5.74) is 1.52. The van der Waals surface area contributed by atoms with Gasteiger partial charge in [-0.05, 0) is 41.3 Å². The van der Waals surface area contributed by atoms with Gasteiger partial charge < -0.3 is 14.0 Å². The lowest BCUT2D eigenvalue weighted by Gasteiger charge is -2.01. The van der Waals surface area contributed by atoms with Crippen molar-refractivity contribution in [1.29, 1.82) is 0 Å². The normalized spacial score (nSPS) is 11.0. The van der Waals surface area contributed by atoms with E-state index in [1.807, 2.05) is 0 Å². The van der Waals surface area contributed by atoms with E-state index in [1.165, 1.54) is 24.7 Å². The van der Waals surface area contributed by atoms with Crippen molar-refractivity contribution in [3.8, 4) is 11.3 Å². The maximum absolute atomic E-state index is 11.7. The molecule has 0 spiro atoms. The second-order valence-electron chi connectivity index (χ2n) is 5.11. The van der Waals surface area contributed by atoms with Gasteiger partial charge in [-0.2, -0.15) is 0 Å². The average molecular weight is 410 g/mol. The van der Waals surface area contributed by atoms with E-state index in [0.717, 1.165) is 5.56 Å². The molecule has 0 aliphatic carbocycles. The molecule has 0 radical (unpaired) electrons. The van der Waals surface area contributed by atoms with Gasteiger partial charge in [-0.15, -0.1) is 11.3 Å². The quantitative estimate of drug-likeness (QED) is 0.299. The second kappa shape index (κ2) is 8.40. The first-order valence-corrected chi connectivity index (χ1v) is 9.07. The van der Waals surface area contributed by atoms with Crippen molar-refractivity contribution in [1.82, 2.24) is 0 Å². The summed E-state index contributed by atoms with van der Waals surface area (Å²) in [4.78, 5) is 17.5. The number of hydrogen-bond acceptors (Lipinski definition) is 6. The van der Waals surface area contributed by atoms with Crippen LogP contribution in [0.3, 0.4) is 0 Å². The van der Waals surface area contributed by atoms with E-state index in [0.29, 0.717) is 32.0 Å². The topological polar surface area (TPSA) is 61.0 Å². The zero-order valence-electron chi connectivity index (χ0n) is 13.6. The molecule has 0 atom stereocenters. The first-order valence-electron chi connectivity index (χ1n) is 7.43. The van der Waals surface area contributed by atoms with E-state index >= 15 is 0 Å². The van der Waals surface area contributed by atoms with Crippen molar-refractivity contribution in [3.63, 3.8) is 0 Å². The van der Waals surface area contributed by atoms with Crippen molar-refractivity contribution < 1.29 is 18.8 Å². The summed E-state index contributed by atoms with van der Waals surface area (Å²) in [6.45, 7) is 0.248. The lowest BCUT2D eigenvalue weighted by atomic mass is 10.2. The molecule has 26 heavy (non-hydrogen) atoms. The Hall–Kier alpha value is -2.28. The third-order valence-corrected chi connectivity index (χ3v) is 5.03. The van der Waals surface area contributed by atoms with Crippen LogP contribution in [0.4, 0.5) is 0 Å². The molecule has 3 aromatic rings. The monoisotopic (exact) mass is 409 g/mol. The Balaban J connectivity index is 1.63. The predicted molar refractivity (Wildman–Crippen MR) is 102 cm³/mol. The molecule has 0 aliphatic heterocycles. The largest absolute Gasteiger partial charge is 0.465 e. The summed E-state index contributed by atoms with van der Waals surface area (Å²) in [6.07, 6.45) is 1.45. The van der Waals surface area contributed by atoms with Gasteiger partial charge in [-0.25, -0.2) is 4.79 Å². The summed E-state index contributed by atoms with van der Waals surface area (Å²) < 4.78 is 10.4. The van der Waals surface area contributed by atoms with E-state index in [4.69, 9.17) is 37.2 Å². The number of esters is 1. The zero-order valence-corrected chi connectivity index (χ0v) is 15.9. The lowest BCUT2D eigenvalue weighted by molar-refractivity contribution is 0.0607. The van der Waals surface area contributed by atoms with Crippen LogP contribution in [-0.4, -0.2) is 19.3 Å². The minimum atomic E-state index is -0.397.